The first kappa shape index (κ1) is 11.3. The molecule has 1 aliphatic rings. The number of hydrogen-bond acceptors (Lipinski definition) is 2. The summed E-state index contributed by atoms with van der Waals surface area (Å²) in [6.07, 6.45) is 6.61. The number of nitrogens with one attached hydrogen (secondary N) is 1. The van der Waals surface area contributed by atoms with Crippen LogP contribution in [0, 0.1) is 11.8 Å². The molecular weight excluding hydrogens is 176 g/mol. The molecule has 0 aromatic carbocycles. The van der Waals surface area contributed by atoms with E-state index in [1.54, 1.807) is 0 Å². The van der Waals surface area contributed by atoms with Gasteiger partial charge in [-0.3, -0.25) is 10.4 Å². The molecule has 1 aliphatic carbocycles. The predicted octanol–water partition coefficient (Wildman–Crippen LogP) is 0.981. The summed E-state index contributed by atoms with van der Waals surface area (Å²) in [6.45, 7) is 3.10. The first-order chi connectivity index (χ1) is 6.76. The highest BCUT2D eigenvalue weighted by Crippen LogP contribution is 2.30. The third-order valence-corrected chi connectivity index (χ3v) is 3.21. The molecule has 0 aromatic rings. The van der Waals surface area contributed by atoms with Crippen molar-refractivity contribution in [1.82, 2.24) is 5.43 Å². The van der Waals surface area contributed by atoms with Crippen LogP contribution in [0.15, 0.2) is 4.99 Å². The van der Waals surface area contributed by atoms with Crippen molar-refractivity contribution in [2.45, 2.75) is 39.0 Å². The van der Waals surface area contributed by atoms with Gasteiger partial charge in [-0.15, -0.1) is 0 Å². The van der Waals surface area contributed by atoms with E-state index in [4.69, 9.17) is 11.6 Å². The van der Waals surface area contributed by atoms with E-state index in [0.717, 1.165) is 12.5 Å². The Balaban J connectivity index is 2.22. The van der Waals surface area contributed by atoms with E-state index in [9.17, 15) is 0 Å². The van der Waals surface area contributed by atoms with Gasteiger partial charge in [-0.1, -0.05) is 26.2 Å². The van der Waals surface area contributed by atoms with Crippen molar-refractivity contribution >= 4 is 5.96 Å². The first-order valence-corrected chi connectivity index (χ1v) is 5.52. The minimum atomic E-state index is 0.350. The molecule has 0 aliphatic heterocycles. The maximum atomic E-state index is 5.46. The number of nitrogens with zero attached hydrogens (tertiary/aromatic N) is 1. The normalized spacial score (nSPS) is 28.9. The van der Waals surface area contributed by atoms with Gasteiger partial charge >= 0.3 is 0 Å². The molecular formula is C10H22N4. The molecule has 14 heavy (non-hydrogen) atoms. The average Bonchev–Trinajstić information content (AvgIpc) is 2.26. The van der Waals surface area contributed by atoms with E-state index in [0.29, 0.717) is 11.9 Å². The molecule has 0 radical (unpaired) electrons. The van der Waals surface area contributed by atoms with E-state index in [1.807, 2.05) is 0 Å². The Hall–Kier alpha value is -0.770. The molecule has 0 saturated heterocycles. The average molecular weight is 198 g/mol. The fourth-order valence-corrected chi connectivity index (χ4v) is 2.10. The molecule has 1 rings (SSSR count). The fraction of sp³-hybridized carbons (Fsp3) is 0.900. The standard InChI is InChI=1S/C10H22N4/c1-2-8-3-5-9(6-4-8)7-13-10(11)14-12/h8-9H,2-7,12H2,1H3,(H3,11,13,14). The zero-order chi connectivity index (χ0) is 10.4. The second kappa shape index (κ2) is 5.86. The van der Waals surface area contributed by atoms with Crippen molar-refractivity contribution in [3.05, 3.63) is 0 Å². The summed E-state index contributed by atoms with van der Waals surface area (Å²) in [5, 5.41) is 0. The van der Waals surface area contributed by atoms with Gasteiger partial charge in [0.15, 0.2) is 0 Å². The monoisotopic (exact) mass is 198 g/mol. The summed E-state index contributed by atoms with van der Waals surface area (Å²) in [5.41, 5.74) is 7.81. The van der Waals surface area contributed by atoms with Gasteiger partial charge in [0.05, 0.1) is 0 Å². The third-order valence-electron chi connectivity index (χ3n) is 3.21. The molecule has 0 heterocycles. The molecule has 4 heteroatoms. The van der Waals surface area contributed by atoms with Crippen molar-refractivity contribution in [1.29, 1.82) is 0 Å². The van der Waals surface area contributed by atoms with Gasteiger partial charge in [-0.2, -0.15) is 0 Å². The molecule has 5 N–H and O–H groups in total. The van der Waals surface area contributed by atoms with Gasteiger partial charge in [0.2, 0.25) is 5.96 Å². The van der Waals surface area contributed by atoms with Crippen LogP contribution in [0.1, 0.15) is 39.0 Å². The van der Waals surface area contributed by atoms with Gasteiger partial charge in [-0.05, 0) is 24.7 Å². The smallest absolute Gasteiger partial charge is 0.203 e. The fourth-order valence-electron chi connectivity index (χ4n) is 2.10. The minimum absolute atomic E-state index is 0.350. The maximum absolute atomic E-state index is 5.46. The lowest BCUT2D eigenvalue weighted by Gasteiger charge is -2.26. The van der Waals surface area contributed by atoms with Crippen LogP contribution in [0.2, 0.25) is 0 Å². The van der Waals surface area contributed by atoms with Gasteiger partial charge in [0.25, 0.3) is 0 Å². The molecule has 0 unspecified atom stereocenters. The summed E-state index contributed by atoms with van der Waals surface area (Å²) < 4.78 is 0. The Morgan fingerprint density at radius 3 is 2.36 bits per heavy atom. The quantitative estimate of drug-likeness (QED) is 0.274. The van der Waals surface area contributed by atoms with E-state index < -0.39 is 0 Å². The maximum Gasteiger partial charge on any atom is 0.203 e. The van der Waals surface area contributed by atoms with Crippen molar-refractivity contribution < 1.29 is 0 Å². The van der Waals surface area contributed by atoms with Crippen LogP contribution >= 0.6 is 0 Å². The molecule has 1 saturated carbocycles. The molecule has 0 aromatic heterocycles. The number of aliphatic imine (C=N–C) groups is 1. The van der Waals surface area contributed by atoms with Crippen molar-refractivity contribution in [2.24, 2.45) is 28.4 Å². The van der Waals surface area contributed by atoms with Gasteiger partial charge in [0.1, 0.15) is 0 Å². The van der Waals surface area contributed by atoms with Gasteiger partial charge in [0, 0.05) is 6.54 Å². The summed E-state index contributed by atoms with van der Waals surface area (Å²) in [4.78, 5) is 4.18. The van der Waals surface area contributed by atoms with Crippen LogP contribution in [0.4, 0.5) is 0 Å². The molecule has 0 bridgehead atoms. The van der Waals surface area contributed by atoms with Crippen molar-refractivity contribution in [3.63, 3.8) is 0 Å². The molecule has 0 atom stereocenters. The Bertz CT molecular complexity index is 183. The van der Waals surface area contributed by atoms with Crippen LogP contribution in [0.5, 0.6) is 0 Å². The topological polar surface area (TPSA) is 76.4 Å². The predicted molar refractivity (Wildman–Crippen MR) is 59.6 cm³/mol. The SMILES string of the molecule is CCC1CCC(CN=C(N)NN)CC1. The highest BCUT2D eigenvalue weighted by Gasteiger charge is 2.19. The summed E-state index contributed by atoms with van der Waals surface area (Å²) in [7, 11) is 0. The Morgan fingerprint density at radius 1 is 1.29 bits per heavy atom. The van der Waals surface area contributed by atoms with Gasteiger partial charge < -0.3 is 5.73 Å². The lowest BCUT2D eigenvalue weighted by molar-refractivity contribution is 0.274. The minimum Gasteiger partial charge on any atom is -0.369 e. The lowest BCUT2D eigenvalue weighted by atomic mass is 9.81. The summed E-state index contributed by atoms with van der Waals surface area (Å²) in [5.74, 6) is 7.13. The van der Waals surface area contributed by atoms with Crippen LogP contribution in [0.25, 0.3) is 0 Å². The first-order valence-electron chi connectivity index (χ1n) is 5.52. The Labute approximate surface area is 86.1 Å². The zero-order valence-corrected chi connectivity index (χ0v) is 9.00. The highest BCUT2D eigenvalue weighted by molar-refractivity contribution is 5.77. The van der Waals surface area contributed by atoms with E-state index in [2.05, 4.69) is 17.3 Å². The van der Waals surface area contributed by atoms with Crippen LogP contribution in [-0.4, -0.2) is 12.5 Å². The zero-order valence-electron chi connectivity index (χ0n) is 9.00. The van der Waals surface area contributed by atoms with Crippen molar-refractivity contribution in [2.75, 3.05) is 6.54 Å². The Kier molecular flexibility index (Phi) is 4.73. The summed E-state index contributed by atoms with van der Waals surface area (Å²) >= 11 is 0. The van der Waals surface area contributed by atoms with Gasteiger partial charge in [-0.25, -0.2) is 5.84 Å². The molecule has 4 nitrogen and oxygen atoms in total. The molecule has 0 spiro atoms. The van der Waals surface area contributed by atoms with E-state index in [1.165, 1.54) is 32.1 Å². The molecule has 0 amide bonds. The number of guanidine groups is 1. The number of hydrogen-bond donors (Lipinski definition) is 3. The molecule has 82 valence electrons. The molecule has 1 fully saturated rings. The second-order valence-electron chi connectivity index (χ2n) is 4.17. The lowest BCUT2D eigenvalue weighted by Crippen LogP contribution is -2.37. The number of nitrogens with two attached hydrogens (primary N) is 2. The number of rotatable bonds is 3. The third kappa shape index (κ3) is 3.54. The van der Waals surface area contributed by atoms with Crippen molar-refractivity contribution in [3.8, 4) is 0 Å². The van der Waals surface area contributed by atoms with Crippen LogP contribution < -0.4 is 17.0 Å². The summed E-state index contributed by atoms with van der Waals surface area (Å²) in [6, 6.07) is 0. The Morgan fingerprint density at radius 2 is 1.86 bits per heavy atom. The van der Waals surface area contributed by atoms with Crippen LogP contribution in [0.3, 0.4) is 0 Å². The second-order valence-corrected chi connectivity index (χ2v) is 4.17. The number of hydrazine groups is 1. The van der Waals surface area contributed by atoms with Crippen LogP contribution in [-0.2, 0) is 0 Å². The van der Waals surface area contributed by atoms with E-state index >= 15 is 0 Å². The van der Waals surface area contributed by atoms with E-state index in [-0.39, 0.29) is 0 Å². The largest absolute Gasteiger partial charge is 0.369 e. The highest BCUT2D eigenvalue weighted by atomic mass is 15.3.